The largest absolute Gasteiger partial charge is 0.467 e. The van der Waals surface area contributed by atoms with Crippen LogP contribution in [0.25, 0.3) is 0 Å². The highest BCUT2D eigenvalue weighted by Gasteiger charge is 2.25. The first-order chi connectivity index (χ1) is 14.0. The van der Waals surface area contributed by atoms with Crippen LogP contribution in [0, 0.1) is 11.6 Å². The van der Waals surface area contributed by atoms with E-state index in [0.717, 1.165) is 23.4 Å². The number of benzene rings is 1. The van der Waals surface area contributed by atoms with Crippen LogP contribution >= 0.6 is 11.8 Å². The van der Waals surface area contributed by atoms with Gasteiger partial charge in [-0.05, 0) is 30.3 Å². The van der Waals surface area contributed by atoms with E-state index < -0.39 is 17.5 Å². The van der Waals surface area contributed by atoms with Crippen molar-refractivity contribution in [3.63, 3.8) is 0 Å². The quantitative estimate of drug-likeness (QED) is 0.642. The van der Waals surface area contributed by atoms with Crippen LogP contribution in [0.3, 0.4) is 0 Å². The maximum absolute atomic E-state index is 13.5. The Bertz CT molecular complexity index is 1070. The summed E-state index contributed by atoms with van der Waals surface area (Å²) in [5.41, 5.74) is 1.58. The number of halogens is 2. The summed E-state index contributed by atoms with van der Waals surface area (Å²) in [7, 11) is 0. The van der Waals surface area contributed by atoms with Crippen molar-refractivity contribution >= 4 is 29.4 Å². The number of carbonyl (C=O) groups excluding carboxylic acids is 2. The molecule has 3 aromatic rings. The summed E-state index contributed by atoms with van der Waals surface area (Å²) in [5, 5.41) is 9.83. The molecule has 1 aliphatic rings. The van der Waals surface area contributed by atoms with Crippen LogP contribution in [0.2, 0.25) is 0 Å². The Balaban J connectivity index is 1.51. The number of aromatic nitrogens is 2. The molecule has 2 N–H and O–H groups in total. The number of amides is 2. The third kappa shape index (κ3) is 4.16. The molecule has 150 valence electrons. The van der Waals surface area contributed by atoms with Gasteiger partial charge in [-0.15, -0.1) is 0 Å². The maximum Gasteiger partial charge on any atom is 0.256 e. The third-order valence-electron chi connectivity index (χ3n) is 4.37. The van der Waals surface area contributed by atoms with Crippen LogP contribution in [0.5, 0.6) is 0 Å². The second-order valence-electron chi connectivity index (χ2n) is 6.36. The molecule has 0 fully saturated rings. The van der Waals surface area contributed by atoms with Gasteiger partial charge in [0.1, 0.15) is 18.1 Å². The van der Waals surface area contributed by atoms with Crippen LogP contribution in [0.15, 0.2) is 41.0 Å². The Morgan fingerprint density at radius 3 is 2.83 bits per heavy atom. The molecule has 0 atom stereocenters. The van der Waals surface area contributed by atoms with E-state index in [0.29, 0.717) is 23.1 Å². The van der Waals surface area contributed by atoms with Gasteiger partial charge in [-0.3, -0.25) is 9.59 Å². The summed E-state index contributed by atoms with van der Waals surface area (Å²) in [4.78, 5) is 24.8. The number of nitrogens with zero attached hydrogens (tertiary/aromatic N) is 2. The molecule has 0 bridgehead atoms. The number of furan rings is 1. The van der Waals surface area contributed by atoms with Crippen LogP contribution in [-0.2, 0) is 29.4 Å². The van der Waals surface area contributed by atoms with Gasteiger partial charge in [0.25, 0.3) is 5.91 Å². The third-order valence-corrected chi connectivity index (χ3v) is 5.34. The lowest BCUT2D eigenvalue weighted by Gasteiger charge is -2.11. The van der Waals surface area contributed by atoms with Gasteiger partial charge in [0.2, 0.25) is 5.91 Å². The molecule has 4 rings (SSSR count). The summed E-state index contributed by atoms with van der Waals surface area (Å²) in [5.74, 6) is -0.751. The van der Waals surface area contributed by atoms with E-state index in [2.05, 4.69) is 15.7 Å². The first-order valence-corrected chi connectivity index (χ1v) is 9.88. The highest BCUT2D eigenvalue weighted by atomic mass is 32.2. The van der Waals surface area contributed by atoms with Crippen LogP contribution in [0.1, 0.15) is 27.4 Å². The molecule has 7 nitrogen and oxygen atoms in total. The van der Waals surface area contributed by atoms with Gasteiger partial charge in [-0.25, -0.2) is 13.5 Å². The molecule has 29 heavy (non-hydrogen) atoms. The smallest absolute Gasteiger partial charge is 0.256 e. The number of thioether (sulfide) groups is 1. The minimum Gasteiger partial charge on any atom is -0.467 e. The Morgan fingerprint density at radius 1 is 1.21 bits per heavy atom. The number of fused-ring (bicyclic) bond motifs is 1. The minimum absolute atomic E-state index is 0.0293. The van der Waals surface area contributed by atoms with Gasteiger partial charge in [-0.2, -0.15) is 16.9 Å². The Labute approximate surface area is 168 Å². The van der Waals surface area contributed by atoms with Crippen LogP contribution in [0.4, 0.5) is 14.6 Å². The molecule has 1 aromatic carbocycles. The summed E-state index contributed by atoms with van der Waals surface area (Å²) < 4.78 is 33.2. The fourth-order valence-electron chi connectivity index (χ4n) is 2.93. The zero-order chi connectivity index (χ0) is 20.4. The number of carbonyl (C=O) groups is 2. The average molecular weight is 418 g/mol. The second-order valence-corrected chi connectivity index (χ2v) is 7.35. The zero-order valence-corrected chi connectivity index (χ0v) is 15.9. The molecule has 0 saturated heterocycles. The molecule has 10 heteroatoms. The van der Waals surface area contributed by atoms with Crippen molar-refractivity contribution in [1.29, 1.82) is 0 Å². The monoisotopic (exact) mass is 418 g/mol. The normalized spacial score (nSPS) is 12.6. The molecule has 1 aliphatic heterocycles. The molecular weight excluding hydrogens is 402 g/mol. The SMILES string of the molecule is O=C(Cn1nc2c(c1NC(=O)c1ccc(F)c(F)c1)CSC2)NCc1ccco1. The lowest BCUT2D eigenvalue weighted by molar-refractivity contribution is -0.122. The summed E-state index contributed by atoms with van der Waals surface area (Å²) in [6.45, 7) is 0.130. The lowest BCUT2D eigenvalue weighted by Crippen LogP contribution is -2.28. The molecule has 3 heterocycles. The highest BCUT2D eigenvalue weighted by Crippen LogP contribution is 2.34. The maximum atomic E-state index is 13.5. The minimum atomic E-state index is -1.11. The summed E-state index contributed by atoms with van der Waals surface area (Å²) in [6, 6.07) is 6.39. The van der Waals surface area contributed by atoms with Crippen LogP contribution in [-0.4, -0.2) is 21.6 Å². The fourth-order valence-corrected chi connectivity index (χ4v) is 3.96. The molecular formula is C19H16F2N4O3S. The van der Waals surface area contributed by atoms with Gasteiger partial charge in [0.15, 0.2) is 11.6 Å². The molecule has 2 amide bonds. The Kier molecular flexibility index (Phi) is 5.34. The van der Waals surface area contributed by atoms with Crippen molar-refractivity contribution in [3.05, 3.63) is 70.8 Å². The molecule has 0 unspecified atom stereocenters. The Morgan fingerprint density at radius 2 is 2.07 bits per heavy atom. The summed E-state index contributed by atoms with van der Waals surface area (Å²) in [6.07, 6.45) is 1.52. The topological polar surface area (TPSA) is 89.2 Å². The van der Waals surface area contributed by atoms with Gasteiger partial charge in [-0.1, -0.05) is 0 Å². The number of nitrogens with one attached hydrogen (secondary N) is 2. The standard InChI is InChI=1S/C19H16F2N4O3S/c20-14-4-3-11(6-15(14)21)19(27)23-18-13-9-29-10-16(13)24-25(18)8-17(26)22-7-12-2-1-5-28-12/h1-6H,7-10H2,(H,22,26)(H,23,27). The van der Waals surface area contributed by atoms with Crippen molar-refractivity contribution in [1.82, 2.24) is 15.1 Å². The zero-order valence-electron chi connectivity index (χ0n) is 15.1. The number of rotatable bonds is 6. The van der Waals surface area contributed by atoms with E-state index in [-0.39, 0.29) is 24.6 Å². The average Bonchev–Trinajstić information content (AvgIpc) is 3.42. The number of hydrogen-bond donors (Lipinski definition) is 2. The molecule has 0 spiro atoms. The van der Waals surface area contributed by atoms with E-state index in [1.54, 1.807) is 23.9 Å². The van der Waals surface area contributed by atoms with E-state index in [1.807, 2.05) is 0 Å². The van der Waals surface area contributed by atoms with E-state index in [1.165, 1.54) is 17.0 Å². The van der Waals surface area contributed by atoms with Crippen molar-refractivity contribution < 1.29 is 22.8 Å². The van der Waals surface area contributed by atoms with Crippen molar-refractivity contribution in [2.24, 2.45) is 0 Å². The van der Waals surface area contributed by atoms with E-state index in [4.69, 9.17) is 4.42 Å². The number of anilines is 1. The predicted octanol–water partition coefficient (Wildman–Crippen LogP) is 3.07. The fraction of sp³-hybridized carbons (Fsp3) is 0.211. The van der Waals surface area contributed by atoms with Crippen molar-refractivity contribution in [3.8, 4) is 0 Å². The molecule has 0 saturated carbocycles. The highest BCUT2D eigenvalue weighted by molar-refractivity contribution is 7.98. The Hall–Kier alpha value is -3.14. The van der Waals surface area contributed by atoms with Crippen molar-refractivity contribution in [2.75, 3.05) is 5.32 Å². The van der Waals surface area contributed by atoms with E-state index >= 15 is 0 Å². The molecule has 0 aliphatic carbocycles. The van der Waals surface area contributed by atoms with Gasteiger partial charge >= 0.3 is 0 Å². The van der Waals surface area contributed by atoms with Gasteiger partial charge < -0.3 is 15.1 Å². The van der Waals surface area contributed by atoms with E-state index in [9.17, 15) is 18.4 Å². The van der Waals surface area contributed by atoms with Crippen LogP contribution < -0.4 is 10.6 Å². The number of hydrogen-bond acceptors (Lipinski definition) is 5. The molecule has 0 radical (unpaired) electrons. The summed E-state index contributed by atoms with van der Waals surface area (Å²) >= 11 is 1.64. The lowest BCUT2D eigenvalue weighted by atomic mass is 10.2. The first-order valence-electron chi connectivity index (χ1n) is 8.73. The molecule has 2 aromatic heterocycles. The predicted molar refractivity (Wildman–Crippen MR) is 102 cm³/mol. The first kappa shape index (κ1) is 19.2. The van der Waals surface area contributed by atoms with Gasteiger partial charge in [0, 0.05) is 22.6 Å². The van der Waals surface area contributed by atoms with Crippen molar-refractivity contribution in [2.45, 2.75) is 24.6 Å². The second kappa shape index (κ2) is 8.08. The van der Waals surface area contributed by atoms with Gasteiger partial charge in [0.05, 0.1) is 18.5 Å².